The molecule has 2 N–H and O–H groups in total. The van der Waals surface area contributed by atoms with Gasteiger partial charge in [-0.15, -0.1) is 0 Å². The molecule has 1 aromatic carbocycles. The third-order valence-electron chi connectivity index (χ3n) is 3.04. The summed E-state index contributed by atoms with van der Waals surface area (Å²) in [4.78, 5) is 12.0. The predicted octanol–water partition coefficient (Wildman–Crippen LogP) is 3.92. The van der Waals surface area contributed by atoms with E-state index in [1.807, 2.05) is 13.8 Å². The molecule has 0 saturated heterocycles. The number of aromatic nitrogens is 2. The highest BCUT2D eigenvalue weighted by atomic mass is 35.5. The van der Waals surface area contributed by atoms with Gasteiger partial charge in [0.05, 0.1) is 17.4 Å². The van der Waals surface area contributed by atoms with Crippen LogP contribution in [0.2, 0.25) is 10.0 Å². The SMILES string of the molecule is Cc1nn(C)cc1NC(=O)N[C@@H](C)c1ccc(Cl)cc1Cl. The number of urea groups is 1. The Morgan fingerprint density at radius 3 is 2.67 bits per heavy atom. The fraction of sp³-hybridized carbons (Fsp3) is 0.286. The van der Waals surface area contributed by atoms with E-state index in [1.165, 1.54) is 0 Å². The Hall–Kier alpha value is -1.72. The van der Waals surface area contributed by atoms with Crippen LogP contribution in [0.5, 0.6) is 0 Å². The number of hydrogen-bond donors (Lipinski definition) is 2. The van der Waals surface area contributed by atoms with Crippen molar-refractivity contribution in [1.29, 1.82) is 0 Å². The number of carbonyl (C=O) groups excluding carboxylic acids is 1. The molecule has 0 aliphatic rings. The molecule has 1 heterocycles. The minimum atomic E-state index is -0.315. The number of halogens is 2. The lowest BCUT2D eigenvalue weighted by molar-refractivity contribution is 0.249. The van der Waals surface area contributed by atoms with Crippen LogP contribution in [0, 0.1) is 6.92 Å². The Balaban J connectivity index is 2.03. The van der Waals surface area contributed by atoms with Crippen molar-refractivity contribution in [2.24, 2.45) is 7.05 Å². The van der Waals surface area contributed by atoms with Gasteiger partial charge in [0.1, 0.15) is 0 Å². The van der Waals surface area contributed by atoms with Gasteiger partial charge in [-0.25, -0.2) is 4.79 Å². The van der Waals surface area contributed by atoms with Crippen LogP contribution in [-0.4, -0.2) is 15.8 Å². The Morgan fingerprint density at radius 1 is 1.38 bits per heavy atom. The highest BCUT2D eigenvalue weighted by Gasteiger charge is 2.14. The Labute approximate surface area is 133 Å². The molecule has 0 spiro atoms. The average Bonchev–Trinajstić information content (AvgIpc) is 2.67. The molecule has 0 aliphatic heterocycles. The molecular weight excluding hydrogens is 311 g/mol. The topological polar surface area (TPSA) is 59.0 Å². The Bertz CT molecular complexity index is 669. The van der Waals surface area contributed by atoms with Crippen molar-refractivity contribution >= 4 is 34.9 Å². The molecule has 112 valence electrons. The molecule has 1 atom stereocenters. The quantitative estimate of drug-likeness (QED) is 0.898. The van der Waals surface area contributed by atoms with Crippen LogP contribution in [-0.2, 0) is 7.05 Å². The van der Waals surface area contributed by atoms with Crippen molar-refractivity contribution < 1.29 is 4.79 Å². The van der Waals surface area contributed by atoms with E-state index in [4.69, 9.17) is 23.2 Å². The first kappa shape index (κ1) is 15.7. The third kappa shape index (κ3) is 3.89. The van der Waals surface area contributed by atoms with Crippen LogP contribution >= 0.6 is 23.2 Å². The van der Waals surface area contributed by atoms with Gasteiger partial charge >= 0.3 is 6.03 Å². The van der Waals surface area contributed by atoms with Crippen LogP contribution in [0.15, 0.2) is 24.4 Å². The molecule has 0 unspecified atom stereocenters. The highest BCUT2D eigenvalue weighted by Crippen LogP contribution is 2.26. The fourth-order valence-corrected chi connectivity index (χ4v) is 2.58. The van der Waals surface area contributed by atoms with Crippen molar-refractivity contribution in [3.63, 3.8) is 0 Å². The molecule has 2 aromatic rings. The zero-order chi connectivity index (χ0) is 15.6. The van der Waals surface area contributed by atoms with Crippen molar-refractivity contribution in [3.05, 3.63) is 45.7 Å². The van der Waals surface area contributed by atoms with E-state index >= 15 is 0 Å². The second kappa shape index (κ2) is 6.37. The van der Waals surface area contributed by atoms with Crippen LogP contribution in [0.4, 0.5) is 10.5 Å². The lowest BCUT2D eigenvalue weighted by atomic mass is 10.1. The lowest BCUT2D eigenvalue weighted by Crippen LogP contribution is -2.31. The van der Waals surface area contributed by atoms with E-state index in [9.17, 15) is 4.79 Å². The molecule has 2 rings (SSSR count). The monoisotopic (exact) mass is 326 g/mol. The maximum absolute atomic E-state index is 12.0. The smallest absolute Gasteiger partial charge is 0.319 e. The van der Waals surface area contributed by atoms with Crippen LogP contribution in [0.3, 0.4) is 0 Å². The summed E-state index contributed by atoms with van der Waals surface area (Å²) in [5.74, 6) is 0. The van der Waals surface area contributed by atoms with E-state index in [-0.39, 0.29) is 12.1 Å². The second-order valence-electron chi connectivity index (χ2n) is 4.79. The molecule has 0 aliphatic carbocycles. The number of aryl methyl sites for hydroxylation is 2. The first-order chi connectivity index (χ1) is 9.86. The molecule has 5 nitrogen and oxygen atoms in total. The summed E-state index contributed by atoms with van der Waals surface area (Å²) in [5.41, 5.74) is 2.23. The van der Waals surface area contributed by atoms with Gasteiger partial charge in [-0.05, 0) is 31.5 Å². The highest BCUT2D eigenvalue weighted by molar-refractivity contribution is 6.35. The number of carbonyl (C=O) groups is 1. The standard InChI is InChI=1S/C14H16Cl2N4O/c1-8(11-5-4-10(15)6-12(11)16)17-14(21)18-13-7-20(3)19-9(13)2/h4-8H,1-3H3,(H2,17,18,21)/t8-/m0/s1. The second-order valence-corrected chi connectivity index (χ2v) is 5.63. The molecule has 0 saturated carbocycles. The number of nitrogens with zero attached hydrogens (tertiary/aromatic N) is 2. The van der Waals surface area contributed by atoms with Gasteiger partial charge in [-0.1, -0.05) is 29.3 Å². The number of rotatable bonds is 3. The molecule has 21 heavy (non-hydrogen) atoms. The van der Waals surface area contributed by atoms with E-state index in [0.29, 0.717) is 15.7 Å². The van der Waals surface area contributed by atoms with Crippen molar-refractivity contribution in [1.82, 2.24) is 15.1 Å². The number of nitrogens with one attached hydrogen (secondary N) is 2. The summed E-state index contributed by atoms with van der Waals surface area (Å²) in [7, 11) is 1.80. The molecule has 0 bridgehead atoms. The zero-order valence-electron chi connectivity index (χ0n) is 11.9. The maximum atomic E-state index is 12.0. The average molecular weight is 327 g/mol. The number of benzene rings is 1. The zero-order valence-corrected chi connectivity index (χ0v) is 13.5. The Kier molecular flexibility index (Phi) is 4.75. The molecule has 2 amide bonds. The first-order valence-electron chi connectivity index (χ1n) is 6.39. The largest absolute Gasteiger partial charge is 0.331 e. The van der Waals surface area contributed by atoms with Gasteiger partial charge in [0.2, 0.25) is 0 Å². The summed E-state index contributed by atoms with van der Waals surface area (Å²) in [6.07, 6.45) is 1.74. The fourth-order valence-electron chi connectivity index (χ4n) is 2.01. The van der Waals surface area contributed by atoms with Crippen LogP contribution in [0.25, 0.3) is 0 Å². The van der Waals surface area contributed by atoms with Gasteiger partial charge in [-0.3, -0.25) is 4.68 Å². The normalized spacial score (nSPS) is 12.0. The summed E-state index contributed by atoms with van der Waals surface area (Å²) in [6, 6.07) is 4.63. The minimum absolute atomic E-state index is 0.244. The summed E-state index contributed by atoms with van der Waals surface area (Å²) >= 11 is 12.0. The van der Waals surface area contributed by atoms with Gasteiger partial charge < -0.3 is 10.6 Å². The van der Waals surface area contributed by atoms with Crippen LogP contribution in [0.1, 0.15) is 24.2 Å². The predicted molar refractivity (Wildman–Crippen MR) is 85.0 cm³/mol. The molecule has 0 fully saturated rings. The lowest BCUT2D eigenvalue weighted by Gasteiger charge is -2.16. The van der Waals surface area contributed by atoms with Gasteiger partial charge in [0.15, 0.2) is 0 Å². The molecule has 0 radical (unpaired) electrons. The molecule has 7 heteroatoms. The number of hydrogen-bond acceptors (Lipinski definition) is 2. The van der Waals surface area contributed by atoms with Crippen molar-refractivity contribution in [2.45, 2.75) is 19.9 Å². The van der Waals surface area contributed by atoms with E-state index in [0.717, 1.165) is 11.3 Å². The first-order valence-corrected chi connectivity index (χ1v) is 7.15. The van der Waals surface area contributed by atoms with Gasteiger partial charge in [0.25, 0.3) is 0 Å². The number of amides is 2. The van der Waals surface area contributed by atoms with Crippen LogP contribution < -0.4 is 10.6 Å². The minimum Gasteiger partial charge on any atom is -0.331 e. The van der Waals surface area contributed by atoms with Crippen molar-refractivity contribution in [3.8, 4) is 0 Å². The van der Waals surface area contributed by atoms with Crippen molar-refractivity contribution in [2.75, 3.05) is 5.32 Å². The molecule has 1 aromatic heterocycles. The summed E-state index contributed by atoms with van der Waals surface area (Å²) in [5, 5.41) is 10.8. The van der Waals surface area contributed by atoms with E-state index < -0.39 is 0 Å². The third-order valence-corrected chi connectivity index (χ3v) is 3.60. The van der Waals surface area contributed by atoms with Gasteiger partial charge in [-0.2, -0.15) is 5.10 Å². The maximum Gasteiger partial charge on any atom is 0.319 e. The molecular formula is C14H16Cl2N4O. The van der Waals surface area contributed by atoms with Gasteiger partial charge in [0, 0.05) is 23.3 Å². The summed E-state index contributed by atoms with van der Waals surface area (Å²) < 4.78 is 1.64. The summed E-state index contributed by atoms with van der Waals surface area (Å²) in [6.45, 7) is 3.68. The number of anilines is 1. The Morgan fingerprint density at radius 2 is 2.10 bits per heavy atom. The van der Waals surface area contributed by atoms with E-state index in [1.54, 1.807) is 36.1 Å². The van der Waals surface area contributed by atoms with E-state index in [2.05, 4.69) is 15.7 Å².